The van der Waals surface area contributed by atoms with Crippen LogP contribution in [0.25, 0.3) is 10.8 Å². The van der Waals surface area contributed by atoms with Crippen LogP contribution in [-0.4, -0.2) is 4.98 Å². The van der Waals surface area contributed by atoms with Gasteiger partial charge in [-0.25, -0.2) is 4.98 Å². The van der Waals surface area contributed by atoms with Crippen molar-refractivity contribution in [2.75, 3.05) is 0 Å². The van der Waals surface area contributed by atoms with Gasteiger partial charge in [-0.1, -0.05) is 29.7 Å². The smallest absolute Gasteiger partial charge is 0.113 e. The molecule has 0 atom stereocenters. The van der Waals surface area contributed by atoms with Crippen LogP contribution >= 0.6 is 0 Å². The first kappa shape index (κ1) is 7.82. The Morgan fingerprint density at radius 3 is 2.85 bits per heavy atom. The molecule has 0 aliphatic heterocycles. The lowest BCUT2D eigenvalue weighted by molar-refractivity contribution is 1.32. The minimum Gasteiger partial charge on any atom is -0.247 e. The monoisotopic (exact) mass is 167 g/mol. The zero-order valence-corrected chi connectivity index (χ0v) is 7.41. The average molecular weight is 167 g/mol. The van der Waals surface area contributed by atoms with Gasteiger partial charge >= 0.3 is 0 Å². The maximum absolute atomic E-state index is 5.27. The molecule has 2 rings (SSSR count). The Labute approximate surface area is 77.4 Å². The fourth-order valence-corrected chi connectivity index (χ4v) is 1.34. The average Bonchev–Trinajstić information content (AvgIpc) is 2.16. The summed E-state index contributed by atoms with van der Waals surface area (Å²) in [4.78, 5) is 4.12. The van der Waals surface area contributed by atoms with Crippen molar-refractivity contribution in [2.45, 2.75) is 6.92 Å². The fraction of sp³-hybridized carbons (Fsp3) is 0.0833. The van der Waals surface area contributed by atoms with Gasteiger partial charge in [0, 0.05) is 11.6 Å². The normalized spacial score (nSPS) is 9.85. The van der Waals surface area contributed by atoms with E-state index in [0.717, 1.165) is 10.8 Å². The summed E-state index contributed by atoms with van der Waals surface area (Å²) in [5.41, 5.74) is 1.93. The first-order chi connectivity index (χ1) is 6.29. The molecular weight excluding hydrogens is 158 g/mol. The van der Waals surface area contributed by atoms with Crippen LogP contribution < -0.4 is 0 Å². The number of nitrogens with zero attached hydrogens (tertiary/aromatic N) is 1. The van der Waals surface area contributed by atoms with Crippen molar-refractivity contribution in [2.24, 2.45) is 0 Å². The number of benzene rings is 1. The number of aryl methyl sites for hydroxylation is 1. The molecule has 0 saturated carbocycles. The van der Waals surface area contributed by atoms with Crippen molar-refractivity contribution in [3.05, 3.63) is 41.7 Å². The van der Waals surface area contributed by atoms with Crippen molar-refractivity contribution in [3.8, 4) is 12.3 Å². The summed E-state index contributed by atoms with van der Waals surface area (Å²) < 4.78 is 0. The Morgan fingerprint density at radius 1 is 1.23 bits per heavy atom. The van der Waals surface area contributed by atoms with Gasteiger partial charge in [0.15, 0.2) is 0 Å². The quantitative estimate of drug-likeness (QED) is 0.549. The highest BCUT2D eigenvalue weighted by Crippen LogP contribution is 2.15. The SMILES string of the molecule is C#Cc1cc2cc(C)ccc2cn1. The van der Waals surface area contributed by atoms with Crippen LogP contribution in [-0.2, 0) is 0 Å². The van der Waals surface area contributed by atoms with Crippen molar-refractivity contribution < 1.29 is 0 Å². The molecule has 1 aromatic carbocycles. The van der Waals surface area contributed by atoms with E-state index in [9.17, 15) is 0 Å². The summed E-state index contributed by atoms with van der Waals surface area (Å²) in [7, 11) is 0. The lowest BCUT2D eigenvalue weighted by Crippen LogP contribution is -1.82. The molecule has 0 aliphatic rings. The van der Waals surface area contributed by atoms with Crippen molar-refractivity contribution in [1.82, 2.24) is 4.98 Å². The number of fused-ring (bicyclic) bond motifs is 1. The predicted molar refractivity (Wildman–Crippen MR) is 54.4 cm³/mol. The zero-order valence-electron chi connectivity index (χ0n) is 7.41. The molecule has 1 aromatic heterocycles. The third-order valence-electron chi connectivity index (χ3n) is 2.03. The second-order valence-corrected chi connectivity index (χ2v) is 3.06. The minimum absolute atomic E-state index is 0.693. The van der Waals surface area contributed by atoms with Gasteiger partial charge in [0.05, 0.1) is 0 Å². The van der Waals surface area contributed by atoms with Crippen molar-refractivity contribution in [1.29, 1.82) is 0 Å². The predicted octanol–water partition coefficient (Wildman–Crippen LogP) is 2.52. The maximum atomic E-state index is 5.27. The molecule has 0 amide bonds. The second-order valence-electron chi connectivity index (χ2n) is 3.06. The van der Waals surface area contributed by atoms with E-state index in [4.69, 9.17) is 6.42 Å². The second kappa shape index (κ2) is 2.91. The first-order valence-electron chi connectivity index (χ1n) is 4.12. The Morgan fingerprint density at radius 2 is 2.08 bits per heavy atom. The lowest BCUT2D eigenvalue weighted by Gasteiger charge is -1.98. The molecule has 0 spiro atoms. The summed E-state index contributed by atoms with van der Waals surface area (Å²) in [6, 6.07) is 8.16. The molecule has 13 heavy (non-hydrogen) atoms. The van der Waals surface area contributed by atoms with Gasteiger partial charge in [0.2, 0.25) is 0 Å². The molecule has 1 heterocycles. The largest absolute Gasteiger partial charge is 0.247 e. The summed E-state index contributed by atoms with van der Waals surface area (Å²) in [6.45, 7) is 2.06. The molecule has 0 radical (unpaired) electrons. The molecule has 0 fully saturated rings. The van der Waals surface area contributed by atoms with E-state index in [1.165, 1.54) is 5.56 Å². The van der Waals surface area contributed by atoms with E-state index in [1.54, 1.807) is 0 Å². The van der Waals surface area contributed by atoms with E-state index in [0.29, 0.717) is 5.69 Å². The maximum Gasteiger partial charge on any atom is 0.113 e. The molecule has 62 valence electrons. The number of hydrogen-bond donors (Lipinski definition) is 0. The molecule has 1 nitrogen and oxygen atoms in total. The van der Waals surface area contributed by atoms with Crippen LogP contribution in [0.2, 0.25) is 0 Å². The highest BCUT2D eigenvalue weighted by atomic mass is 14.7. The van der Waals surface area contributed by atoms with Crippen molar-refractivity contribution >= 4 is 10.8 Å². The molecule has 1 heteroatoms. The van der Waals surface area contributed by atoms with Crippen LogP contribution in [0.5, 0.6) is 0 Å². The Kier molecular flexibility index (Phi) is 1.75. The van der Waals surface area contributed by atoms with Gasteiger partial charge in [-0.05, 0) is 18.4 Å². The van der Waals surface area contributed by atoms with Gasteiger partial charge in [-0.3, -0.25) is 0 Å². The zero-order chi connectivity index (χ0) is 9.26. The van der Waals surface area contributed by atoms with Gasteiger partial charge < -0.3 is 0 Å². The van der Waals surface area contributed by atoms with Crippen LogP contribution in [0.3, 0.4) is 0 Å². The molecule has 0 bridgehead atoms. The van der Waals surface area contributed by atoms with E-state index < -0.39 is 0 Å². The van der Waals surface area contributed by atoms with Crippen LogP contribution in [0.4, 0.5) is 0 Å². The standard InChI is InChI=1S/C12H9N/c1-3-12-7-11-6-9(2)4-5-10(11)8-13-12/h1,4-8H,2H3. The van der Waals surface area contributed by atoms with Crippen LogP contribution in [0.15, 0.2) is 30.5 Å². The number of terminal acetylenes is 1. The number of hydrogen-bond acceptors (Lipinski definition) is 1. The topological polar surface area (TPSA) is 12.9 Å². The third-order valence-corrected chi connectivity index (χ3v) is 2.03. The van der Waals surface area contributed by atoms with E-state index in [1.807, 2.05) is 12.3 Å². The number of aromatic nitrogens is 1. The highest BCUT2D eigenvalue weighted by Gasteiger charge is 1.95. The first-order valence-corrected chi connectivity index (χ1v) is 4.12. The van der Waals surface area contributed by atoms with Crippen LogP contribution in [0.1, 0.15) is 11.3 Å². The number of pyridine rings is 1. The third kappa shape index (κ3) is 1.39. The Bertz CT molecular complexity index is 492. The Balaban J connectivity index is 2.77. The van der Waals surface area contributed by atoms with Gasteiger partial charge in [0.25, 0.3) is 0 Å². The van der Waals surface area contributed by atoms with E-state index in [-0.39, 0.29) is 0 Å². The molecule has 0 unspecified atom stereocenters. The van der Waals surface area contributed by atoms with Crippen molar-refractivity contribution in [3.63, 3.8) is 0 Å². The molecule has 0 aliphatic carbocycles. The molecular formula is C12H9N. The Hall–Kier alpha value is -1.81. The minimum atomic E-state index is 0.693. The van der Waals surface area contributed by atoms with E-state index in [2.05, 4.69) is 36.0 Å². The summed E-state index contributed by atoms with van der Waals surface area (Å²) in [6.07, 6.45) is 7.08. The molecule has 0 N–H and O–H groups in total. The summed E-state index contributed by atoms with van der Waals surface area (Å²) >= 11 is 0. The molecule has 0 saturated heterocycles. The lowest BCUT2D eigenvalue weighted by atomic mass is 10.1. The van der Waals surface area contributed by atoms with Gasteiger partial charge in [0.1, 0.15) is 5.69 Å². The van der Waals surface area contributed by atoms with Gasteiger partial charge in [-0.15, -0.1) is 6.42 Å². The number of rotatable bonds is 0. The summed E-state index contributed by atoms with van der Waals surface area (Å²) in [5, 5.41) is 2.28. The van der Waals surface area contributed by atoms with E-state index >= 15 is 0 Å². The van der Waals surface area contributed by atoms with Gasteiger partial charge in [-0.2, -0.15) is 0 Å². The van der Waals surface area contributed by atoms with Crippen LogP contribution in [0, 0.1) is 19.3 Å². The highest BCUT2D eigenvalue weighted by molar-refractivity contribution is 5.83. The fourth-order valence-electron chi connectivity index (χ4n) is 1.34. The molecule has 2 aromatic rings. The summed E-state index contributed by atoms with van der Waals surface area (Å²) in [5.74, 6) is 2.53.